The third-order valence-electron chi connectivity index (χ3n) is 3.08. The summed E-state index contributed by atoms with van der Waals surface area (Å²) in [6, 6.07) is 9.67. The molecule has 0 radical (unpaired) electrons. The second-order valence-electron chi connectivity index (χ2n) is 5.08. The average Bonchev–Trinajstić information content (AvgIpc) is 3.08. The fourth-order valence-electron chi connectivity index (χ4n) is 1.86. The molecule has 0 aliphatic heterocycles. The van der Waals surface area contributed by atoms with Crippen LogP contribution in [0, 0.1) is 12.3 Å². The Morgan fingerprint density at radius 3 is 2.74 bits per heavy atom. The smallest absolute Gasteiger partial charge is 0.319 e. The van der Waals surface area contributed by atoms with Gasteiger partial charge in [0.2, 0.25) is 0 Å². The minimum atomic E-state index is -1.28. The number of urea groups is 1. The summed E-state index contributed by atoms with van der Waals surface area (Å²) in [5.41, 5.74) is -0.693. The summed E-state index contributed by atoms with van der Waals surface area (Å²) in [4.78, 5) is 11.9. The Hall–Kier alpha value is -2.91. The lowest BCUT2D eigenvalue weighted by molar-refractivity contribution is 0.0372. The van der Waals surface area contributed by atoms with Crippen molar-refractivity contribution in [3.8, 4) is 18.1 Å². The van der Waals surface area contributed by atoms with Crippen LogP contribution in [0.25, 0.3) is 0 Å². The van der Waals surface area contributed by atoms with Crippen molar-refractivity contribution in [1.82, 2.24) is 5.32 Å². The molecule has 2 aromatic rings. The minimum Gasteiger partial charge on any atom is -0.481 e. The molecular weight excluding hydrogens is 296 g/mol. The van der Waals surface area contributed by atoms with E-state index in [0.29, 0.717) is 17.2 Å². The number of anilines is 1. The number of rotatable bonds is 6. The second-order valence-corrected chi connectivity index (χ2v) is 5.08. The number of carbonyl (C=O) groups excluding carboxylic acids is 1. The number of aliphatic hydroxyl groups is 1. The zero-order valence-electron chi connectivity index (χ0n) is 12.7. The van der Waals surface area contributed by atoms with Crippen molar-refractivity contribution >= 4 is 11.7 Å². The standard InChI is InChI=1S/C17H18N2O4/c1-3-10-22-14-8-6-13(7-9-14)19-16(20)18-12-17(2,21)15-5-4-11-23-15/h1,4-9,11,21H,10,12H2,2H3,(H2,18,19,20). The van der Waals surface area contributed by atoms with Crippen molar-refractivity contribution in [3.63, 3.8) is 0 Å². The number of hydrogen-bond acceptors (Lipinski definition) is 4. The molecular formula is C17H18N2O4. The molecule has 0 saturated heterocycles. The summed E-state index contributed by atoms with van der Waals surface area (Å²) in [6.45, 7) is 1.76. The first-order valence-electron chi connectivity index (χ1n) is 6.99. The fraction of sp³-hybridized carbons (Fsp3) is 0.235. The first-order chi connectivity index (χ1) is 11.0. The van der Waals surface area contributed by atoms with Crippen LogP contribution in [0.4, 0.5) is 10.5 Å². The van der Waals surface area contributed by atoms with Gasteiger partial charge in [-0.25, -0.2) is 4.79 Å². The third-order valence-corrected chi connectivity index (χ3v) is 3.08. The Labute approximate surface area is 134 Å². The monoisotopic (exact) mass is 314 g/mol. The van der Waals surface area contributed by atoms with E-state index in [9.17, 15) is 9.90 Å². The molecule has 1 aromatic carbocycles. The molecule has 23 heavy (non-hydrogen) atoms. The van der Waals surface area contributed by atoms with Gasteiger partial charge in [-0.15, -0.1) is 6.42 Å². The predicted octanol–water partition coefficient (Wildman–Crippen LogP) is 2.32. The van der Waals surface area contributed by atoms with E-state index in [-0.39, 0.29) is 13.2 Å². The SMILES string of the molecule is C#CCOc1ccc(NC(=O)NCC(C)(O)c2ccco2)cc1. The molecule has 0 spiro atoms. The maximum absolute atomic E-state index is 11.9. The topological polar surface area (TPSA) is 83.7 Å². The quantitative estimate of drug-likeness (QED) is 0.715. The van der Waals surface area contributed by atoms with Gasteiger partial charge in [-0.05, 0) is 43.3 Å². The zero-order chi connectivity index (χ0) is 16.7. The van der Waals surface area contributed by atoms with Crippen LogP contribution in [0.3, 0.4) is 0 Å². The molecule has 120 valence electrons. The molecule has 3 N–H and O–H groups in total. The third kappa shape index (κ3) is 4.80. The Kier molecular flexibility index (Phi) is 5.28. The van der Waals surface area contributed by atoms with E-state index in [1.54, 1.807) is 43.3 Å². The Morgan fingerprint density at radius 1 is 1.39 bits per heavy atom. The van der Waals surface area contributed by atoms with Crippen LogP contribution in [0.2, 0.25) is 0 Å². The lowest BCUT2D eigenvalue weighted by atomic mass is 10.0. The van der Waals surface area contributed by atoms with Gasteiger partial charge in [0, 0.05) is 5.69 Å². The van der Waals surface area contributed by atoms with E-state index >= 15 is 0 Å². The first kappa shape index (κ1) is 16.5. The largest absolute Gasteiger partial charge is 0.481 e. The van der Waals surface area contributed by atoms with Crippen LogP contribution >= 0.6 is 0 Å². The molecule has 1 atom stereocenters. The molecule has 1 aromatic heterocycles. The van der Waals surface area contributed by atoms with Crippen molar-refractivity contribution in [2.75, 3.05) is 18.5 Å². The van der Waals surface area contributed by atoms with E-state index < -0.39 is 11.6 Å². The molecule has 2 amide bonds. The maximum atomic E-state index is 11.9. The first-order valence-corrected chi connectivity index (χ1v) is 6.99. The summed E-state index contributed by atoms with van der Waals surface area (Å²) in [6.07, 6.45) is 6.57. The number of ether oxygens (including phenoxy) is 1. The number of nitrogens with one attached hydrogen (secondary N) is 2. The summed E-state index contributed by atoms with van der Waals surface area (Å²) in [5, 5.41) is 15.5. The molecule has 0 aliphatic carbocycles. The molecule has 1 unspecified atom stereocenters. The minimum absolute atomic E-state index is 0.00963. The highest BCUT2D eigenvalue weighted by Gasteiger charge is 2.26. The number of benzene rings is 1. The lowest BCUT2D eigenvalue weighted by Gasteiger charge is -2.21. The molecule has 1 heterocycles. The Morgan fingerprint density at radius 2 is 2.13 bits per heavy atom. The van der Waals surface area contributed by atoms with Gasteiger partial charge in [0.05, 0.1) is 12.8 Å². The molecule has 0 bridgehead atoms. The number of carbonyl (C=O) groups is 1. The number of hydrogen-bond donors (Lipinski definition) is 3. The zero-order valence-corrected chi connectivity index (χ0v) is 12.7. The molecule has 0 fully saturated rings. The summed E-state index contributed by atoms with van der Waals surface area (Å²) < 4.78 is 10.4. The van der Waals surface area contributed by atoms with Crippen LogP contribution in [0.1, 0.15) is 12.7 Å². The van der Waals surface area contributed by atoms with Crippen molar-refractivity contribution in [2.24, 2.45) is 0 Å². The second kappa shape index (κ2) is 7.38. The van der Waals surface area contributed by atoms with Gasteiger partial charge in [0.25, 0.3) is 0 Å². The van der Waals surface area contributed by atoms with Crippen molar-refractivity contribution in [2.45, 2.75) is 12.5 Å². The summed E-state index contributed by atoms with van der Waals surface area (Å²) >= 11 is 0. The van der Waals surface area contributed by atoms with E-state index in [4.69, 9.17) is 15.6 Å². The van der Waals surface area contributed by atoms with Gasteiger partial charge in [-0.2, -0.15) is 0 Å². The fourth-order valence-corrected chi connectivity index (χ4v) is 1.86. The highest BCUT2D eigenvalue weighted by molar-refractivity contribution is 5.89. The van der Waals surface area contributed by atoms with Crippen molar-refractivity contribution in [3.05, 3.63) is 48.4 Å². The Bertz CT molecular complexity index is 670. The van der Waals surface area contributed by atoms with Crippen LogP contribution in [-0.4, -0.2) is 24.3 Å². The molecule has 0 saturated carbocycles. The van der Waals surface area contributed by atoms with E-state index in [0.717, 1.165) is 0 Å². The van der Waals surface area contributed by atoms with Crippen LogP contribution in [-0.2, 0) is 5.60 Å². The van der Waals surface area contributed by atoms with Gasteiger partial charge in [-0.3, -0.25) is 0 Å². The van der Waals surface area contributed by atoms with E-state index in [1.807, 2.05) is 0 Å². The highest BCUT2D eigenvalue weighted by atomic mass is 16.5. The number of furan rings is 1. The van der Waals surface area contributed by atoms with Gasteiger partial charge in [0.1, 0.15) is 23.7 Å². The number of terminal acetylenes is 1. The van der Waals surface area contributed by atoms with Crippen molar-refractivity contribution in [1.29, 1.82) is 0 Å². The molecule has 2 rings (SSSR count). The average molecular weight is 314 g/mol. The predicted molar refractivity (Wildman–Crippen MR) is 86.1 cm³/mol. The van der Waals surface area contributed by atoms with Gasteiger partial charge in [0.15, 0.2) is 0 Å². The van der Waals surface area contributed by atoms with Crippen LogP contribution < -0.4 is 15.4 Å². The molecule has 6 heteroatoms. The lowest BCUT2D eigenvalue weighted by Crippen LogP contribution is -2.40. The highest BCUT2D eigenvalue weighted by Crippen LogP contribution is 2.20. The normalized spacial score (nSPS) is 12.7. The summed E-state index contributed by atoms with van der Waals surface area (Å²) in [7, 11) is 0. The van der Waals surface area contributed by atoms with Gasteiger partial charge < -0.3 is 24.9 Å². The molecule has 0 aliphatic rings. The van der Waals surface area contributed by atoms with E-state index in [1.165, 1.54) is 6.26 Å². The maximum Gasteiger partial charge on any atom is 0.319 e. The number of amides is 2. The summed E-state index contributed by atoms with van der Waals surface area (Å²) in [5.74, 6) is 3.37. The Balaban J connectivity index is 1.84. The van der Waals surface area contributed by atoms with Gasteiger partial charge in [-0.1, -0.05) is 5.92 Å². The van der Waals surface area contributed by atoms with Crippen molar-refractivity contribution < 1.29 is 19.1 Å². The van der Waals surface area contributed by atoms with Crippen LogP contribution in [0.5, 0.6) is 5.75 Å². The van der Waals surface area contributed by atoms with E-state index in [2.05, 4.69) is 16.6 Å². The molecule has 6 nitrogen and oxygen atoms in total. The van der Waals surface area contributed by atoms with Gasteiger partial charge >= 0.3 is 6.03 Å². The van der Waals surface area contributed by atoms with Crippen LogP contribution in [0.15, 0.2) is 47.1 Å².